The summed E-state index contributed by atoms with van der Waals surface area (Å²) in [4.78, 5) is 21.4. The van der Waals surface area contributed by atoms with Crippen LogP contribution in [0, 0.1) is 0 Å². The van der Waals surface area contributed by atoms with Crippen LogP contribution >= 0.6 is 31.9 Å². The first-order chi connectivity index (χ1) is 7.54. The van der Waals surface area contributed by atoms with Gasteiger partial charge in [0, 0.05) is 0 Å². The molecular formula is C10H16Br2O4. The lowest BCUT2D eigenvalue weighted by Crippen LogP contribution is -2.33. The number of rotatable bonds is 7. The molecule has 0 aromatic carbocycles. The maximum absolute atomic E-state index is 11.4. The van der Waals surface area contributed by atoms with Gasteiger partial charge in [-0.1, -0.05) is 45.7 Å². The van der Waals surface area contributed by atoms with E-state index < -0.39 is 21.6 Å². The van der Waals surface area contributed by atoms with Gasteiger partial charge in [-0.25, -0.2) is 0 Å². The molecule has 0 fully saturated rings. The van der Waals surface area contributed by atoms with Crippen LogP contribution in [-0.2, 0) is 19.1 Å². The number of carbonyl (C=O) groups excluding carboxylic acids is 2. The molecule has 0 radical (unpaired) electrons. The average molecular weight is 360 g/mol. The van der Waals surface area contributed by atoms with Crippen LogP contribution in [0.3, 0.4) is 0 Å². The van der Waals surface area contributed by atoms with Crippen molar-refractivity contribution in [3.05, 3.63) is 0 Å². The van der Waals surface area contributed by atoms with E-state index in [2.05, 4.69) is 31.9 Å². The van der Waals surface area contributed by atoms with Crippen LogP contribution in [0.2, 0.25) is 0 Å². The average Bonchev–Trinajstić information content (AvgIpc) is 2.30. The summed E-state index contributed by atoms with van der Waals surface area (Å²) < 4.78 is 9.81. The molecule has 0 aliphatic carbocycles. The lowest BCUT2D eigenvalue weighted by atomic mass is 10.3. The molecule has 94 valence electrons. The summed E-state index contributed by atoms with van der Waals surface area (Å²) in [6.45, 7) is 4.50. The Morgan fingerprint density at radius 3 is 1.50 bits per heavy atom. The Bertz CT molecular complexity index is 209. The van der Waals surface area contributed by atoms with Crippen LogP contribution in [0.5, 0.6) is 0 Å². The summed E-state index contributed by atoms with van der Waals surface area (Å²) >= 11 is 6.22. The van der Waals surface area contributed by atoms with Gasteiger partial charge in [-0.05, 0) is 12.8 Å². The number of halogens is 2. The van der Waals surface area contributed by atoms with E-state index >= 15 is 0 Å². The first-order valence-electron chi connectivity index (χ1n) is 5.16. The van der Waals surface area contributed by atoms with Crippen molar-refractivity contribution >= 4 is 43.8 Å². The minimum absolute atomic E-state index is 0.352. The van der Waals surface area contributed by atoms with Gasteiger partial charge < -0.3 is 9.47 Å². The van der Waals surface area contributed by atoms with E-state index in [1.807, 2.05) is 13.8 Å². The highest BCUT2D eigenvalue weighted by Gasteiger charge is 2.31. The third kappa shape index (κ3) is 5.84. The van der Waals surface area contributed by atoms with Crippen molar-refractivity contribution in [2.24, 2.45) is 0 Å². The molecule has 2 atom stereocenters. The minimum atomic E-state index is -0.719. The Morgan fingerprint density at radius 1 is 0.938 bits per heavy atom. The van der Waals surface area contributed by atoms with Gasteiger partial charge in [0.25, 0.3) is 0 Å². The fourth-order valence-electron chi connectivity index (χ4n) is 0.803. The van der Waals surface area contributed by atoms with Gasteiger partial charge >= 0.3 is 11.9 Å². The highest BCUT2D eigenvalue weighted by Crippen LogP contribution is 2.17. The van der Waals surface area contributed by atoms with Crippen LogP contribution in [-0.4, -0.2) is 34.8 Å². The second kappa shape index (κ2) is 8.98. The molecule has 2 unspecified atom stereocenters. The van der Waals surface area contributed by atoms with Crippen molar-refractivity contribution in [3.63, 3.8) is 0 Å². The predicted molar refractivity (Wildman–Crippen MR) is 67.9 cm³/mol. The molecule has 0 aliphatic rings. The molecule has 0 aliphatic heterocycles. The van der Waals surface area contributed by atoms with Crippen LogP contribution in [0.25, 0.3) is 0 Å². The van der Waals surface area contributed by atoms with Crippen LogP contribution in [0.4, 0.5) is 0 Å². The van der Waals surface area contributed by atoms with Crippen molar-refractivity contribution in [2.45, 2.75) is 36.3 Å². The van der Waals surface area contributed by atoms with Crippen molar-refractivity contribution in [1.82, 2.24) is 0 Å². The van der Waals surface area contributed by atoms with Crippen molar-refractivity contribution in [3.8, 4) is 0 Å². The number of hydrogen-bond acceptors (Lipinski definition) is 4. The molecule has 0 saturated heterocycles. The van der Waals surface area contributed by atoms with Crippen LogP contribution in [0.15, 0.2) is 0 Å². The van der Waals surface area contributed by atoms with E-state index in [-0.39, 0.29) is 0 Å². The largest absolute Gasteiger partial charge is 0.465 e. The lowest BCUT2D eigenvalue weighted by molar-refractivity contribution is -0.148. The Morgan fingerprint density at radius 2 is 1.25 bits per heavy atom. The van der Waals surface area contributed by atoms with E-state index in [9.17, 15) is 9.59 Å². The molecule has 4 nitrogen and oxygen atoms in total. The van der Waals surface area contributed by atoms with Gasteiger partial charge in [-0.3, -0.25) is 9.59 Å². The van der Waals surface area contributed by atoms with E-state index in [1.165, 1.54) is 0 Å². The molecule has 0 saturated carbocycles. The van der Waals surface area contributed by atoms with Crippen molar-refractivity contribution in [1.29, 1.82) is 0 Å². The van der Waals surface area contributed by atoms with Gasteiger partial charge in [0.2, 0.25) is 0 Å². The Balaban J connectivity index is 4.09. The summed E-state index contributed by atoms with van der Waals surface area (Å²) in [6, 6.07) is 0. The first kappa shape index (κ1) is 15.9. The highest BCUT2D eigenvalue weighted by atomic mass is 79.9. The van der Waals surface area contributed by atoms with E-state index in [0.717, 1.165) is 12.8 Å². The minimum Gasteiger partial charge on any atom is -0.465 e. The van der Waals surface area contributed by atoms with Gasteiger partial charge in [-0.15, -0.1) is 0 Å². The molecule has 0 N–H and O–H groups in total. The third-order valence-electron chi connectivity index (χ3n) is 1.60. The van der Waals surface area contributed by atoms with Gasteiger partial charge in [0.15, 0.2) is 0 Å². The standard InChI is InChI=1S/C10H16Br2O4/c1-3-5-15-9(13)7(11)8(12)10(14)16-6-4-2/h7-8H,3-6H2,1-2H3. The zero-order valence-electron chi connectivity index (χ0n) is 9.37. The monoisotopic (exact) mass is 358 g/mol. The summed E-state index contributed by atoms with van der Waals surface area (Å²) in [5.74, 6) is -0.922. The Hall–Kier alpha value is -0.100. The number of carbonyl (C=O) groups is 2. The smallest absolute Gasteiger partial charge is 0.321 e. The number of ether oxygens (including phenoxy) is 2. The third-order valence-corrected chi connectivity index (χ3v) is 4.12. The molecule has 0 aromatic rings. The zero-order valence-corrected chi connectivity index (χ0v) is 12.5. The maximum atomic E-state index is 11.4. The fraction of sp³-hybridized carbons (Fsp3) is 0.800. The lowest BCUT2D eigenvalue weighted by Gasteiger charge is -2.14. The molecule has 0 rings (SSSR count). The molecule has 0 spiro atoms. The van der Waals surface area contributed by atoms with E-state index in [1.54, 1.807) is 0 Å². The highest BCUT2D eigenvalue weighted by molar-refractivity contribution is 9.12. The van der Waals surface area contributed by atoms with Crippen molar-refractivity contribution < 1.29 is 19.1 Å². The predicted octanol–water partition coefficient (Wildman–Crippen LogP) is 2.42. The normalized spacial score (nSPS) is 14.0. The molecule has 0 heterocycles. The summed E-state index contributed by atoms with van der Waals surface area (Å²) in [5.41, 5.74) is 0. The molecule has 0 aromatic heterocycles. The maximum Gasteiger partial charge on any atom is 0.321 e. The summed E-state index contributed by atoms with van der Waals surface area (Å²) in [5, 5.41) is 0. The van der Waals surface area contributed by atoms with E-state index in [4.69, 9.17) is 9.47 Å². The van der Waals surface area contributed by atoms with Gasteiger partial charge in [0.05, 0.1) is 13.2 Å². The molecule has 0 amide bonds. The number of esters is 2. The topological polar surface area (TPSA) is 52.6 Å². The van der Waals surface area contributed by atoms with Crippen molar-refractivity contribution in [2.75, 3.05) is 13.2 Å². The molecular weight excluding hydrogens is 344 g/mol. The molecule has 16 heavy (non-hydrogen) atoms. The SMILES string of the molecule is CCCOC(=O)C(Br)C(Br)C(=O)OCCC. The quantitative estimate of drug-likeness (QED) is 0.517. The Labute approximate surface area is 112 Å². The van der Waals surface area contributed by atoms with Gasteiger partial charge in [-0.2, -0.15) is 0 Å². The van der Waals surface area contributed by atoms with E-state index in [0.29, 0.717) is 13.2 Å². The zero-order chi connectivity index (χ0) is 12.6. The van der Waals surface area contributed by atoms with Crippen LogP contribution < -0.4 is 0 Å². The fourth-order valence-corrected chi connectivity index (χ4v) is 1.50. The first-order valence-corrected chi connectivity index (χ1v) is 6.99. The molecule has 6 heteroatoms. The Kier molecular flexibility index (Phi) is 8.93. The van der Waals surface area contributed by atoms with Crippen LogP contribution in [0.1, 0.15) is 26.7 Å². The second-order valence-corrected chi connectivity index (χ2v) is 5.11. The summed E-state index contributed by atoms with van der Waals surface area (Å²) in [7, 11) is 0. The number of alkyl halides is 2. The second-order valence-electron chi connectivity index (χ2n) is 3.14. The summed E-state index contributed by atoms with van der Waals surface area (Å²) in [6.07, 6.45) is 1.50. The number of hydrogen-bond donors (Lipinski definition) is 0. The van der Waals surface area contributed by atoms with Gasteiger partial charge in [0.1, 0.15) is 9.65 Å². The molecule has 0 bridgehead atoms.